The van der Waals surface area contributed by atoms with Gasteiger partial charge in [0.05, 0.1) is 13.0 Å². The minimum absolute atomic E-state index is 0.0110. The van der Waals surface area contributed by atoms with Crippen LogP contribution in [0.4, 0.5) is 0 Å². The van der Waals surface area contributed by atoms with Crippen molar-refractivity contribution in [3.8, 4) is 5.75 Å². The maximum Gasteiger partial charge on any atom is 0.327 e. The first kappa shape index (κ1) is 19.8. The third-order valence-corrected chi connectivity index (χ3v) is 5.13. The zero-order valence-electron chi connectivity index (χ0n) is 14.8. The van der Waals surface area contributed by atoms with Crippen LogP contribution in [0, 0.1) is 0 Å². The van der Waals surface area contributed by atoms with Crippen LogP contribution in [0.5, 0.6) is 5.75 Å². The summed E-state index contributed by atoms with van der Waals surface area (Å²) in [5.74, 6) is -1.24. The van der Waals surface area contributed by atoms with Gasteiger partial charge in [0.2, 0.25) is 5.91 Å². The summed E-state index contributed by atoms with van der Waals surface area (Å²) < 4.78 is 5.20. The maximum atomic E-state index is 12.4. The molecule has 7 heteroatoms. The second-order valence-corrected chi connectivity index (χ2v) is 6.94. The molecule has 0 bridgehead atoms. The number of carbonyl (C=O) groups is 3. The van der Waals surface area contributed by atoms with E-state index in [2.05, 4.69) is 5.32 Å². The Morgan fingerprint density at radius 1 is 1.15 bits per heavy atom. The number of carboxylic acids is 1. The number of hydrogen-bond donors (Lipinski definition) is 2. The lowest BCUT2D eigenvalue weighted by molar-refractivity contribution is -0.140. The monoisotopic (exact) mass is 375 g/mol. The largest absolute Gasteiger partial charge is 0.497 e. The van der Waals surface area contributed by atoms with Crippen LogP contribution < -0.4 is 10.1 Å². The molecule has 0 unspecified atom stereocenters. The summed E-state index contributed by atoms with van der Waals surface area (Å²) in [6.07, 6.45) is 0. The number of rotatable bonds is 7. The van der Waals surface area contributed by atoms with Gasteiger partial charge >= 0.3 is 5.97 Å². The standard InChI is InChI=1S/C19H21NO5S/c1-11(19(24)26-10-17(18(22)23)20-12(2)21)13-4-5-15-9-16(25-3)7-6-14(15)8-13/h4-9,11,17H,10H2,1-3H3,(H,20,21)(H,22,23)/t11-,17+/m1/s1. The normalized spacial score (nSPS) is 13.0. The number of ether oxygens (including phenoxy) is 1. The molecular formula is C19H21NO5S. The van der Waals surface area contributed by atoms with Crippen molar-refractivity contribution < 1.29 is 24.2 Å². The van der Waals surface area contributed by atoms with E-state index in [1.165, 1.54) is 6.92 Å². The third kappa shape index (κ3) is 4.98. The Bertz CT molecular complexity index is 836. The molecule has 2 atom stereocenters. The van der Waals surface area contributed by atoms with Gasteiger partial charge in [-0.2, -0.15) is 0 Å². The number of hydrogen-bond acceptors (Lipinski definition) is 5. The molecule has 2 aromatic carbocycles. The molecule has 6 nitrogen and oxygen atoms in total. The highest BCUT2D eigenvalue weighted by atomic mass is 32.2. The lowest BCUT2D eigenvalue weighted by Gasteiger charge is -2.15. The fourth-order valence-corrected chi connectivity index (χ4v) is 3.43. The van der Waals surface area contributed by atoms with Crippen molar-refractivity contribution in [3.63, 3.8) is 0 Å². The Kier molecular flexibility index (Phi) is 6.63. The van der Waals surface area contributed by atoms with Gasteiger partial charge < -0.3 is 15.2 Å². The highest BCUT2D eigenvalue weighted by Gasteiger charge is 2.23. The molecule has 0 heterocycles. The summed E-state index contributed by atoms with van der Waals surface area (Å²) in [6, 6.07) is 10.4. The van der Waals surface area contributed by atoms with Crippen LogP contribution in [0.1, 0.15) is 25.3 Å². The van der Waals surface area contributed by atoms with Gasteiger partial charge in [-0.15, -0.1) is 0 Å². The Labute approximate surface area is 155 Å². The number of thioether (sulfide) groups is 1. The molecule has 2 N–H and O–H groups in total. The van der Waals surface area contributed by atoms with Gasteiger partial charge in [0.15, 0.2) is 5.12 Å². The second kappa shape index (κ2) is 8.71. The Hall–Kier alpha value is -2.54. The van der Waals surface area contributed by atoms with Crippen molar-refractivity contribution in [1.82, 2.24) is 5.32 Å². The predicted octanol–water partition coefficient (Wildman–Crippen LogP) is 2.80. The van der Waals surface area contributed by atoms with E-state index in [0.717, 1.165) is 33.8 Å². The topological polar surface area (TPSA) is 92.7 Å². The van der Waals surface area contributed by atoms with E-state index in [1.54, 1.807) is 14.0 Å². The van der Waals surface area contributed by atoms with Crippen molar-refractivity contribution in [1.29, 1.82) is 0 Å². The number of nitrogens with one attached hydrogen (secondary N) is 1. The van der Waals surface area contributed by atoms with E-state index in [-0.39, 0.29) is 10.9 Å². The van der Waals surface area contributed by atoms with Crippen LogP contribution in [0.15, 0.2) is 36.4 Å². The summed E-state index contributed by atoms with van der Waals surface area (Å²) in [5, 5.41) is 13.3. The molecule has 0 aromatic heterocycles. The predicted molar refractivity (Wildman–Crippen MR) is 102 cm³/mol. The Morgan fingerprint density at radius 2 is 1.81 bits per heavy atom. The number of carboxylic acid groups (broad SMARTS) is 1. The van der Waals surface area contributed by atoms with E-state index >= 15 is 0 Å². The maximum absolute atomic E-state index is 12.4. The van der Waals surface area contributed by atoms with Crippen LogP contribution in [0.2, 0.25) is 0 Å². The molecule has 2 rings (SSSR count). The minimum atomic E-state index is -1.16. The minimum Gasteiger partial charge on any atom is -0.497 e. The zero-order chi connectivity index (χ0) is 19.3. The Balaban J connectivity index is 2.08. The van der Waals surface area contributed by atoms with E-state index in [4.69, 9.17) is 9.84 Å². The Morgan fingerprint density at radius 3 is 2.42 bits per heavy atom. The number of carbonyl (C=O) groups excluding carboxylic acids is 2. The molecule has 0 fully saturated rings. The molecule has 0 aliphatic rings. The number of benzene rings is 2. The summed E-state index contributed by atoms with van der Waals surface area (Å²) in [5.41, 5.74) is 0.853. The van der Waals surface area contributed by atoms with Crippen LogP contribution in [-0.2, 0) is 14.4 Å². The van der Waals surface area contributed by atoms with Crippen molar-refractivity contribution in [3.05, 3.63) is 42.0 Å². The van der Waals surface area contributed by atoms with Crippen LogP contribution in [0.25, 0.3) is 10.8 Å². The second-order valence-electron chi connectivity index (χ2n) is 5.92. The van der Waals surface area contributed by atoms with Crippen molar-refractivity contribution in [2.24, 2.45) is 0 Å². The fourth-order valence-electron chi connectivity index (χ4n) is 2.49. The molecule has 0 spiro atoms. The quantitative estimate of drug-likeness (QED) is 0.773. The molecule has 0 saturated carbocycles. The summed E-state index contributed by atoms with van der Waals surface area (Å²) >= 11 is 0.915. The molecule has 2 aromatic rings. The molecule has 1 amide bonds. The number of aliphatic carboxylic acids is 1. The van der Waals surface area contributed by atoms with E-state index in [1.807, 2.05) is 36.4 Å². The number of amides is 1. The van der Waals surface area contributed by atoms with Gasteiger partial charge in [0.1, 0.15) is 11.8 Å². The molecule has 138 valence electrons. The van der Waals surface area contributed by atoms with E-state index in [9.17, 15) is 14.4 Å². The number of methoxy groups -OCH3 is 1. The summed E-state index contributed by atoms with van der Waals surface area (Å²) in [4.78, 5) is 34.6. The summed E-state index contributed by atoms with van der Waals surface area (Å²) in [6.45, 7) is 3.03. The molecule has 0 saturated heterocycles. The van der Waals surface area contributed by atoms with Crippen LogP contribution in [0.3, 0.4) is 0 Å². The lowest BCUT2D eigenvalue weighted by Crippen LogP contribution is -2.41. The average molecular weight is 375 g/mol. The lowest BCUT2D eigenvalue weighted by atomic mass is 9.99. The first-order chi connectivity index (χ1) is 12.3. The molecule has 26 heavy (non-hydrogen) atoms. The van der Waals surface area contributed by atoms with Gasteiger partial charge in [-0.05, 0) is 28.5 Å². The zero-order valence-corrected chi connectivity index (χ0v) is 15.6. The third-order valence-electron chi connectivity index (χ3n) is 3.99. The molecule has 0 radical (unpaired) electrons. The van der Waals surface area contributed by atoms with Gasteiger partial charge in [0, 0.05) is 12.7 Å². The first-order valence-corrected chi connectivity index (χ1v) is 9.04. The van der Waals surface area contributed by atoms with Crippen LogP contribution >= 0.6 is 11.8 Å². The van der Waals surface area contributed by atoms with Gasteiger partial charge in [0.25, 0.3) is 0 Å². The average Bonchev–Trinajstić information content (AvgIpc) is 2.62. The SMILES string of the molecule is COc1ccc2cc([C@@H](C)C(=O)SC[C@H](NC(C)=O)C(=O)O)ccc2c1. The highest BCUT2D eigenvalue weighted by Crippen LogP contribution is 2.28. The molecule has 0 aliphatic carbocycles. The smallest absolute Gasteiger partial charge is 0.327 e. The van der Waals surface area contributed by atoms with E-state index < -0.39 is 23.8 Å². The highest BCUT2D eigenvalue weighted by molar-refractivity contribution is 8.13. The first-order valence-electron chi connectivity index (χ1n) is 8.06. The van der Waals surface area contributed by atoms with Gasteiger partial charge in [-0.3, -0.25) is 9.59 Å². The van der Waals surface area contributed by atoms with Gasteiger partial charge in [-0.25, -0.2) is 4.79 Å². The molecule has 0 aliphatic heterocycles. The van der Waals surface area contributed by atoms with Gasteiger partial charge in [-0.1, -0.05) is 43.0 Å². The molecular weight excluding hydrogens is 354 g/mol. The van der Waals surface area contributed by atoms with Crippen LogP contribution in [-0.4, -0.2) is 41.0 Å². The summed E-state index contributed by atoms with van der Waals surface area (Å²) in [7, 11) is 1.61. The number of fused-ring (bicyclic) bond motifs is 1. The fraction of sp³-hybridized carbons (Fsp3) is 0.316. The van der Waals surface area contributed by atoms with Crippen molar-refractivity contribution in [2.75, 3.05) is 12.9 Å². The van der Waals surface area contributed by atoms with E-state index in [0.29, 0.717) is 0 Å². The van der Waals surface area contributed by atoms with Crippen molar-refractivity contribution >= 4 is 39.5 Å². The van der Waals surface area contributed by atoms with Crippen molar-refractivity contribution in [2.45, 2.75) is 25.8 Å².